The van der Waals surface area contributed by atoms with Gasteiger partial charge in [0.15, 0.2) is 17.0 Å². The Morgan fingerprint density at radius 3 is 1.48 bits per heavy atom. The third kappa shape index (κ3) is 16.8. The monoisotopic (exact) mass is 930 g/mol. The van der Waals surface area contributed by atoms with Gasteiger partial charge in [0.25, 0.3) is 11.8 Å². The van der Waals surface area contributed by atoms with Crippen molar-refractivity contribution in [3.8, 4) is 23.6 Å². The Hall–Kier alpha value is -6.68. The van der Waals surface area contributed by atoms with Crippen LogP contribution >= 0.6 is 15.9 Å². The number of hydrogen-bond donors (Lipinski definition) is 5. The molecule has 62 heavy (non-hydrogen) atoms. The van der Waals surface area contributed by atoms with Gasteiger partial charge in [0.1, 0.15) is 23.7 Å². The van der Waals surface area contributed by atoms with Crippen molar-refractivity contribution >= 4 is 50.5 Å². The third-order valence-corrected chi connectivity index (χ3v) is 9.02. The van der Waals surface area contributed by atoms with Gasteiger partial charge in [-0.1, -0.05) is 28.1 Å². The maximum absolute atomic E-state index is 13.0. The summed E-state index contributed by atoms with van der Waals surface area (Å²) >= 11 is 2.92. The maximum atomic E-state index is 13.0. The van der Waals surface area contributed by atoms with Gasteiger partial charge >= 0.3 is 12.4 Å². The van der Waals surface area contributed by atoms with Gasteiger partial charge in [-0.25, -0.2) is 9.69 Å². The van der Waals surface area contributed by atoms with Gasteiger partial charge in [-0.15, -0.1) is 0 Å². The first-order valence-electron chi connectivity index (χ1n) is 17.7. The standard InChI is InChI=1S/C19H14F3N3O3.C12H10BrF3N2O2.C7H5NO.C4H8O/c1-18(27,11-28-14-6-3-12(10-23)4-7-14)17(26)25-13-5-8-16(24-2)15(9-13)19(20,21)22;1-11(20,6-13)10(19)18-7-3-4-9(17-2)8(5-7)12(14,15)16;8-5-6-1-3-7(9)4-2-6;1-2-4-5-3-1/h3-9,27H,11H2,1H3,(H,25,26);3-5,20H,6H2,1H3,(H,18,19);1-4,9H;1-4H2/t18-;11-;;/m00../s1. The molecule has 5 rings (SSSR count). The zero-order valence-corrected chi connectivity index (χ0v) is 34.3. The molecule has 0 unspecified atom stereocenters. The van der Waals surface area contributed by atoms with Crippen LogP contribution in [0.5, 0.6) is 11.5 Å². The molecule has 4 aromatic rings. The highest BCUT2D eigenvalue weighted by molar-refractivity contribution is 9.09. The fourth-order valence-electron chi connectivity index (χ4n) is 4.43. The molecule has 0 aliphatic carbocycles. The topological polar surface area (TPSA) is 194 Å². The van der Waals surface area contributed by atoms with Crippen molar-refractivity contribution in [3.63, 3.8) is 0 Å². The Bertz CT molecular complexity index is 2300. The van der Waals surface area contributed by atoms with Crippen LogP contribution in [-0.4, -0.2) is 63.5 Å². The number of amides is 2. The summed E-state index contributed by atoms with van der Waals surface area (Å²) < 4.78 is 87.5. The van der Waals surface area contributed by atoms with Crippen LogP contribution in [0.25, 0.3) is 9.69 Å². The Balaban J connectivity index is 0.000000333. The fourth-order valence-corrected chi connectivity index (χ4v) is 4.68. The molecule has 1 heterocycles. The molecule has 1 aliphatic heterocycles. The van der Waals surface area contributed by atoms with Crippen molar-refractivity contribution < 1.29 is 60.7 Å². The molecule has 2 atom stereocenters. The van der Waals surface area contributed by atoms with Crippen molar-refractivity contribution in [3.05, 3.63) is 130 Å². The average Bonchev–Trinajstić information content (AvgIpc) is 3.84. The Labute approximate surface area is 360 Å². The molecule has 1 saturated heterocycles. The van der Waals surface area contributed by atoms with Crippen molar-refractivity contribution in [2.75, 3.05) is 35.8 Å². The Kier molecular flexibility index (Phi) is 19.4. The predicted octanol–water partition coefficient (Wildman–Crippen LogP) is 9.30. The number of nitrogens with one attached hydrogen (secondary N) is 2. The SMILES string of the molecule is C1CCOC1.N#Cc1ccc(O)cc1.[C-]#[N+]c1ccc(NC(=O)[C@@](C)(O)CBr)cc1C(F)(F)F.[C-]#[N+]c1ccc(NC(=O)[C@@](C)(O)COc2ccc(C#N)cc2)cc1C(F)(F)F. The molecule has 0 aromatic heterocycles. The van der Waals surface area contributed by atoms with E-state index >= 15 is 0 Å². The van der Waals surface area contributed by atoms with E-state index in [9.17, 15) is 46.1 Å². The Morgan fingerprint density at radius 1 is 0.742 bits per heavy atom. The number of halogens is 7. The van der Waals surface area contributed by atoms with Crippen molar-refractivity contribution in [2.24, 2.45) is 0 Å². The van der Waals surface area contributed by atoms with Gasteiger partial charge in [-0.3, -0.25) is 9.59 Å². The van der Waals surface area contributed by atoms with Gasteiger partial charge in [0.2, 0.25) is 0 Å². The number of anilines is 2. The van der Waals surface area contributed by atoms with Crippen molar-refractivity contribution in [1.82, 2.24) is 0 Å². The van der Waals surface area contributed by atoms with E-state index in [1.54, 1.807) is 12.1 Å². The van der Waals surface area contributed by atoms with Crippen LogP contribution < -0.4 is 15.4 Å². The number of carbonyl (C=O) groups is 2. The lowest BCUT2D eigenvalue weighted by atomic mass is 10.1. The highest BCUT2D eigenvalue weighted by atomic mass is 79.9. The number of nitrogens with zero attached hydrogens (tertiary/aromatic N) is 4. The summed E-state index contributed by atoms with van der Waals surface area (Å²) in [5.41, 5.74) is -6.67. The Morgan fingerprint density at radius 2 is 1.15 bits per heavy atom. The average molecular weight is 932 g/mol. The van der Waals surface area contributed by atoms with Crippen LogP contribution in [0.3, 0.4) is 0 Å². The summed E-state index contributed by atoms with van der Waals surface area (Å²) in [6.45, 7) is 17.4. The minimum absolute atomic E-state index is 0.0713. The number of phenolic OH excluding ortho intramolecular Hbond substituents is 1. The zero-order chi connectivity index (χ0) is 46.7. The van der Waals surface area contributed by atoms with Crippen LogP contribution in [0.2, 0.25) is 0 Å². The number of carbonyl (C=O) groups excluding carboxylic acids is 2. The summed E-state index contributed by atoms with van der Waals surface area (Å²) in [4.78, 5) is 29.5. The van der Waals surface area contributed by atoms with Crippen LogP contribution in [0.15, 0.2) is 84.9 Å². The molecule has 20 heteroatoms. The number of alkyl halides is 7. The second kappa shape index (κ2) is 23.4. The zero-order valence-electron chi connectivity index (χ0n) is 32.7. The second-order valence-electron chi connectivity index (χ2n) is 13.2. The minimum atomic E-state index is -4.76. The van der Waals surface area contributed by atoms with E-state index in [0.717, 1.165) is 38.3 Å². The second-order valence-corrected chi connectivity index (χ2v) is 13.7. The van der Waals surface area contributed by atoms with Crippen LogP contribution in [0.4, 0.5) is 49.1 Å². The molecule has 0 spiro atoms. The molecule has 5 N–H and O–H groups in total. The molecular formula is C42H37BrF6N6O7. The van der Waals surface area contributed by atoms with E-state index in [2.05, 4.69) is 36.3 Å². The molecule has 326 valence electrons. The van der Waals surface area contributed by atoms with E-state index in [1.807, 2.05) is 12.1 Å². The first-order valence-corrected chi connectivity index (χ1v) is 18.8. The number of nitriles is 2. The number of phenols is 1. The van der Waals surface area contributed by atoms with E-state index in [0.29, 0.717) is 29.0 Å². The third-order valence-electron chi connectivity index (χ3n) is 7.93. The molecule has 4 aromatic carbocycles. The first-order chi connectivity index (χ1) is 29.0. The highest BCUT2D eigenvalue weighted by Crippen LogP contribution is 2.39. The largest absolute Gasteiger partial charge is 0.508 e. The van der Waals surface area contributed by atoms with Gasteiger partial charge in [-0.2, -0.15) is 36.9 Å². The van der Waals surface area contributed by atoms with E-state index in [4.69, 9.17) is 38.2 Å². The predicted molar refractivity (Wildman–Crippen MR) is 217 cm³/mol. The molecule has 2 amide bonds. The summed E-state index contributed by atoms with van der Waals surface area (Å²) in [5, 5.41) is 50.0. The molecule has 1 fully saturated rings. The normalized spacial score (nSPS) is 13.6. The van der Waals surface area contributed by atoms with Crippen LogP contribution in [0, 0.1) is 35.8 Å². The smallest absolute Gasteiger partial charge is 0.407 e. The van der Waals surface area contributed by atoms with Crippen LogP contribution in [-0.2, 0) is 26.7 Å². The van der Waals surface area contributed by atoms with E-state index in [1.165, 1.54) is 62.2 Å². The van der Waals surface area contributed by atoms with Crippen LogP contribution in [0.1, 0.15) is 48.9 Å². The highest BCUT2D eigenvalue weighted by Gasteiger charge is 2.36. The molecule has 13 nitrogen and oxygen atoms in total. The molecule has 1 aliphatic rings. The van der Waals surface area contributed by atoms with Crippen molar-refractivity contribution in [1.29, 1.82) is 10.5 Å². The van der Waals surface area contributed by atoms with E-state index < -0.39 is 64.5 Å². The summed E-state index contributed by atoms with van der Waals surface area (Å²) in [6, 6.07) is 21.4. The fraction of sp³-hybridized carbons (Fsp3) is 0.286. The van der Waals surface area contributed by atoms with E-state index in [-0.39, 0.29) is 22.5 Å². The lowest BCUT2D eigenvalue weighted by Gasteiger charge is -2.23. The van der Waals surface area contributed by atoms with Crippen molar-refractivity contribution in [2.45, 2.75) is 50.2 Å². The first kappa shape index (κ1) is 51.5. The molecule has 0 radical (unpaired) electrons. The maximum Gasteiger partial charge on any atom is 0.407 e. The number of aromatic hydroxyl groups is 1. The summed E-state index contributed by atoms with van der Waals surface area (Å²) in [6.07, 6.45) is -6.90. The van der Waals surface area contributed by atoms with Gasteiger partial charge in [-0.05, 0) is 99.5 Å². The van der Waals surface area contributed by atoms with Gasteiger partial charge in [0.05, 0.1) is 47.5 Å². The van der Waals surface area contributed by atoms with Gasteiger partial charge in [0, 0.05) is 29.9 Å². The quantitative estimate of drug-likeness (QED) is 0.0651. The summed E-state index contributed by atoms with van der Waals surface area (Å²) in [5.74, 6) is -1.34. The number of ether oxygens (including phenoxy) is 2. The summed E-state index contributed by atoms with van der Waals surface area (Å²) in [7, 11) is 0. The molecule has 0 bridgehead atoms. The number of rotatable bonds is 8. The number of hydrogen-bond acceptors (Lipinski definition) is 9. The minimum Gasteiger partial charge on any atom is -0.508 e. The number of aliphatic hydroxyl groups is 2. The lowest BCUT2D eigenvalue weighted by molar-refractivity contribution is -0.137. The molecule has 0 saturated carbocycles. The van der Waals surface area contributed by atoms with Gasteiger partial charge < -0.3 is 35.4 Å². The lowest BCUT2D eigenvalue weighted by Crippen LogP contribution is -2.45. The number of benzene rings is 4. The molecular weight excluding hydrogens is 894 g/mol.